The maximum atomic E-state index is 3.66. The van der Waals surface area contributed by atoms with Crippen LogP contribution in [0, 0.1) is 0 Å². The highest BCUT2D eigenvalue weighted by molar-refractivity contribution is 6.28. The van der Waals surface area contributed by atoms with Crippen molar-refractivity contribution in [2.75, 3.05) is 0 Å². The molecule has 436 valence electrons. The van der Waals surface area contributed by atoms with Gasteiger partial charge in [-0.05, 0) is 108 Å². The van der Waals surface area contributed by atoms with Crippen molar-refractivity contribution in [2.45, 2.75) is 0 Å². The molecule has 5 N–H and O–H groups in total. The van der Waals surface area contributed by atoms with Crippen LogP contribution < -0.4 is 0 Å². The van der Waals surface area contributed by atoms with E-state index in [2.05, 4.69) is 353 Å². The zero-order chi connectivity index (χ0) is 61.3. The summed E-state index contributed by atoms with van der Waals surface area (Å²) in [5, 5.41) is 31.2. The van der Waals surface area contributed by atoms with E-state index in [4.69, 9.17) is 0 Å². The molecule has 0 unspecified atom stereocenters. The molecular weight excluding hydrogens is 1130 g/mol. The molecule has 17 aromatic carbocycles. The van der Waals surface area contributed by atoms with Crippen molar-refractivity contribution in [3.63, 3.8) is 0 Å². The van der Waals surface area contributed by atoms with Crippen LogP contribution >= 0.6 is 0 Å². The highest BCUT2D eigenvalue weighted by Crippen LogP contribution is 2.39. The molecule has 0 aliphatic rings. The van der Waals surface area contributed by atoms with Gasteiger partial charge in [0.25, 0.3) is 0 Å². The van der Waals surface area contributed by atoms with Crippen molar-refractivity contribution in [2.24, 2.45) is 0 Å². The number of rotatable bonds is 0. The van der Waals surface area contributed by atoms with E-state index >= 15 is 0 Å². The first-order valence-corrected chi connectivity index (χ1v) is 31.9. The Labute approximate surface area is 533 Å². The van der Waals surface area contributed by atoms with E-state index in [9.17, 15) is 0 Å². The van der Waals surface area contributed by atoms with Crippen LogP contribution in [0.25, 0.3) is 184 Å². The Bertz CT molecular complexity index is 6420. The van der Waals surface area contributed by atoms with Crippen LogP contribution in [0.2, 0.25) is 0 Å². The lowest BCUT2D eigenvalue weighted by Gasteiger charge is -2.02. The van der Waals surface area contributed by atoms with E-state index in [0.717, 1.165) is 0 Å². The molecule has 5 heteroatoms. The zero-order valence-corrected chi connectivity index (χ0v) is 50.7. The van der Waals surface area contributed by atoms with Gasteiger partial charge in [-0.2, -0.15) is 0 Å². The molecule has 0 fully saturated rings. The summed E-state index contributed by atoms with van der Waals surface area (Å²) in [6.07, 6.45) is 0. The molecule has 22 rings (SSSR count). The summed E-state index contributed by atoms with van der Waals surface area (Å²) in [4.78, 5) is 17.7. The monoisotopic (exact) mass is 1190 g/mol. The van der Waals surface area contributed by atoms with Crippen molar-refractivity contribution in [1.29, 1.82) is 0 Å². The number of benzene rings is 17. The summed E-state index contributed by atoms with van der Waals surface area (Å²) in [6, 6.07) is 116. The smallest absolute Gasteiger partial charge is 0.0544 e. The molecule has 0 aliphatic heterocycles. The summed E-state index contributed by atoms with van der Waals surface area (Å²) in [5.41, 5.74) is 12.2. The molecule has 0 aliphatic carbocycles. The summed E-state index contributed by atoms with van der Waals surface area (Å²) in [5.74, 6) is 0. The van der Waals surface area contributed by atoms with Gasteiger partial charge in [-0.15, -0.1) is 0 Å². The number of H-pyrrole nitrogens is 5. The van der Waals surface area contributed by atoms with E-state index in [0.29, 0.717) is 0 Å². The van der Waals surface area contributed by atoms with Gasteiger partial charge in [-0.3, -0.25) is 0 Å². The minimum Gasteiger partial charge on any atom is -0.354 e. The minimum absolute atomic E-state index is 1.21. The molecule has 0 spiro atoms. The summed E-state index contributed by atoms with van der Waals surface area (Å²) in [7, 11) is 0. The van der Waals surface area contributed by atoms with Crippen molar-refractivity contribution < 1.29 is 0 Å². The molecule has 0 saturated heterocycles. The standard InChI is InChI=1S/2C20H13N.3C16H11N/c1-3-7-15-13(5-1)9-11-17-19(15)20-16-8-4-2-6-14(16)10-12-18(20)21-17;1-3-7-15-13(5-1)9-11-17-18-12-10-14-6-2-4-8-16(14)20(18)21-19(15)17;1-2-6-12-10-16-14(9-11(12)5-1)13-7-3-4-8-15(13)17-16;1-2-6-12-11(5-1)9-10-14-13-7-3-4-8-15(13)17-16(12)14;1-2-6-12-11(5-1)9-10-15-16(12)13-7-3-4-8-14(13)17-15/h2*1-12,21H;3*1-10,17H. The maximum Gasteiger partial charge on any atom is 0.0544 e. The van der Waals surface area contributed by atoms with Crippen LogP contribution in [0.3, 0.4) is 0 Å². The number of para-hydroxylation sites is 3. The average Bonchev–Trinajstić information content (AvgIpc) is 1.67. The van der Waals surface area contributed by atoms with Crippen molar-refractivity contribution in [3.8, 4) is 0 Å². The maximum absolute atomic E-state index is 3.66. The second-order valence-corrected chi connectivity index (χ2v) is 24.3. The van der Waals surface area contributed by atoms with Crippen LogP contribution in [0.5, 0.6) is 0 Å². The number of nitrogens with one attached hydrogen (secondary N) is 5. The predicted octanol–water partition coefficient (Wildman–Crippen LogP) is 24.7. The van der Waals surface area contributed by atoms with Gasteiger partial charge in [0.15, 0.2) is 0 Å². The van der Waals surface area contributed by atoms with E-state index in [-0.39, 0.29) is 0 Å². The topological polar surface area (TPSA) is 78.9 Å². The molecule has 0 bridgehead atoms. The molecule has 93 heavy (non-hydrogen) atoms. The fourth-order valence-corrected chi connectivity index (χ4v) is 14.6. The Morgan fingerprint density at radius 1 is 0.129 bits per heavy atom. The Hall–Kier alpha value is -12.4. The first-order chi connectivity index (χ1) is 46.1. The largest absolute Gasteiger partial charge is 0.354 e. The van der Waals surface area contributed by atoms with Crippen LogP contribution in [0.15, 0.2) is 328 Å². The number of fused-ring (bicyclic) bond motifs is 28. The van der Waals surface area contributed by atoms with Crippen molar-refractivity contribution in [3.05, 3.63) is 328 Å². The zero-order valence-electron chi connectivity index (χ0n) is 50.7. The van der Waals surface area contributed by atoms with Gasteiger partial charge in [-0.1, -0.05) is 279 Å². The second kappa shape index (κ2) is 22.2. The fourth-order valence-electron chi connectivity index (χ4n) is 14.6. The number of aromatic nitrogens is 5. The minimum atomic E-state index is 1.21. The lowest BCUT2D eigenvalue weighted by Crippen LogP contribution is -1.76. The summed E-state index contributed by atoms with van der Waals surface area (Å²) >= 11 is 0. The molecular formula is C88H59N5. The highest BCUT2D eigenvalue weighted by Gasteiger charge is 2.14. The van der Waals surface area contributed by atoms with Gasteiger partial charge in [0.05, 0.1) is 16.6 Å². The predicted molar refractivity (Wildman–Crippen MR) is 402 cm³/mol. The Morgan fingerprint density at radius 2 is 0.409 bits per heavy atom. The second-order valence-electron chi connectivity index (χ2n) is 24.3. The lowest BCUT2D eigenvalue weighted by molar-refractivity contribution is 1.55. The van der Waals surface area contributed by atoms with Crippen molar-refractivity contribution in [1.82, 2.24) is 24.9 Å². The fraction of sp³-hybridized carbons (Fsp3) is 0. The third-order valence-electron chi connectivity index (χ3n) is 18.9. The molecule has 0 saturated carbocycles. The number of hydrogen-bond donors (Lipinski definition) is 5. The molecule has 5 heterocycles. The van der Waals surface area contributed by atoms with Gasteiger partial charge >= 0.3 is 0 Å². The van der Waals surface area contributed by atoms with Crippen LogP contribution in [0.1, 0.15) is 0 Å². The first-order valence-electron chi connectivity index (χ1n) is 31.9. The van der Waals surface area contributed by atoms with E-state index in [1.165, 1.54) is 184 Å². The average molecular weight is 1190 g/mol. The van der Waals surface area contributed by atoms with Crippen LogP contribution in [0.4, 0.5) is 0 Å². The molecule has 22 aromatic rings. The molecule has 0 radical (unpaired) electrons. The third kappa shape index (κ3) is 9.24. The van der Waals surface area contributed by atoms with E-state index < -0.39 is 0 Å². The van der Waals surface area contributed by atoms with Gasteiger partial charge in [0.1, 0.15) is 0 Å². The van der Waals surface area contributed by atoms with Crippen molar-refractivity contribution >= 4 is 184 Å². The van der Waals surface area contributed by atoms with E-state index in [1.54, 1.807) is 0 Å². The molecule has 5 nitrogen and oxygen atoms in total. The molecule has 0 atom stereocenters. The lowest BCUT2D eigenvalue weighted by atomic mass is 10.00. The van der Waals surface area contributed by atoms with Gasteiger partial charge < -0.3 is 24.9 Å². The summed E-state index contributed by atoms with van der Waals surface area (Å²) in [6.45, 7) is 0. The highest BCUT2D eigenvalue weighted by atomic mass is 14.7. The van der Waals surface area contributed by atoms with E-state index in [1.807, 2.05) is 0 Å². The van der Waals surface area contributed by atoms with Gasteiger partial charge in [-0.25, -0.2) is 0 Å². The van der Waals surface area contributed by atoms with Crippen LogP contribution in [-0.4, -0.2) is 24.9 Å². The molecule has 0 amide bonds. The Balaban J connectivity index is 0.0000000859. The van der Waals surface area contributed by atoms with Gasteiger partial charge in [0.2, 0.25) is 0 Å². The first kappa shape index (κ1) is 53.6. The summed E-state index contributed by atoms with van der Waals surface area (Å²) < 4.78 is 0. The normalized spacial score (nSPS) is 11.7. The number of hydrogen-bond acceptors (Lipinski definition) is 0. The van der Waals surface area contributed by atoms with Crippen LogP contribution in [-0.2, 0) is 0 Å². The Kier molecular flexibility index (Phi) is 12.8. The SMILES string of the molecule is c1ccc2c(c1)ccc1[nH]c3ccc4ccccc4c3c12.c1ccc2c(c1)ccc1[nH]c3ccccc3c12.c1ccc2c(c1)ccc1c3ccc4ccccc4c3[nH]c21.c1ccc2c(c1)ccc1c3ccccc3[nH]c21.c1ccc2cc3c(cc2c1)[nH]c1ccccc13. The quantitative estimate of drug-likeness (QED) is 0.100. The number of aromatic amines is 5. The third-order valence-corrected chi connectivity index (χ3v) is 18.9. The Morgan fingerprint density at radius 3 is 0.882 bits per heavy atom. The van der Waals surface area contributed by atoms with Gasteiger partial charge in [0, 0.05) is 109 Å². The molecule has 5 aromatic heterocycles.